The molecule has 2 N–H and O–H groups in total. The lowest BCUT2D eigenvalue weighted by Crippen LogP contribution is -2.59. The highest BCUT2D eigenvalue weighted by Crippen LogP contribution is 2.38. The van der Waals surface area contributed by atoms with Crippen LogP contribution in [0.5, 0.6) is 0 Å². The number of amides is 1. The number of aldehydes is 1. The van der Waals surface area contributed by atoms with Crippen molar-refractivity contribution < 1.29 is 23.9 Å². The number of esters is 1. The second-order valence-electron chi connectivity index (χ2n) is 6.95. The third-order valence-corrected chi connectivity index (χ3v) is 5.11. The van der Waals surface area contributed by atoms with Crippen LogP contribution >= 0.6 is 0 Å². The summed E-state index contributed by atoms with van der Waals surface area (Å²) < 4.78 is 11.0. The monoisotopic (exact) mass is 408 g/mol. The molecule has 7 heteroatoms. The summed E-state index contributed by atoms with van der Waals surface area (Å²) in [5.74, 6) is -1.47. The van der Waals surface area contributed by atoms with Crippen molar-refractivity contribution in [3.8, 4) is 0 Å². The quantitative estimate of drug-likeness (QED) is 0.396. The van der Waals surface area contributed by atoms with E-state index in [9.17, 15) is 14.4 Å². The van der Waals surface area contributed by atoms with E-state index in [2.05, 4.69) is 17.2 Å². The van der Waals surface area contributed by atoms with Crippen LogP contribution in [0.25, 0.3) is 0 Å². The third-order valence-electron chi connectivity index (χ3n) is 5.11. The first-order valence-corrected chi connectivity index (χ1v) is 9.65. The molecule has 156 valence electrons. The van der Waals surface area contributed by atoms with Gasteiger partial charge in [0, 0.05) is 19.0 Å². The second-order valence-corrected chi connectivity index (χ2v) is 6.95. The van der Waals surface area contributed by atoms with Crippen molar-refractivity contribution >= 4 is 18.3 Å². The maximum Gasteiger partial charge on any atom is 0.408 e. The molecule has 1 aliphatic heterocycles. The fourth-order valence-electron chi connectivity index (χ4n) is 3.66. The van der Waals surface area contributed by atoms with E-state index in [0.717, 1.165) is 17.9 Å². The Morgan fingerprint density at radius 3 is 2.47 bits per heavy atom. The molecule has 0 radical (unpaired) electrons. The number of nitrogens with one attached hydrogen (secondary N) is 2. The Bertz CT molecular complexity index is 887. The average molecular weight is 408 g/mol. The van der Waals surface area contributed by atoms with Crippen molar-refractivity contribution in [3.63, 3.8) is 0 Å². The highest BCUT2D eigenvalue weighted by molar-refractivity contribution is 5.82. The van der Waals surface area contributed by atoms with E-state index in [1.54, 1.807) is 24.3 Å². The van der Waals surface area contributed by atoms with E-state index in [1.807, 2.05) is 36.4 Å². The molecule has 1 heterocycles. The molecule has 0 bridgehead atoms. The first-order valence-electron chi connectivity index (χ1n) is 9.65. The van der Waals surface area contributed by atoms with E-state index in [1.165, 1.54) is 0 Å². The van der Waals surface area contributed by atoms with Crippen LogP contribution in [0, 0.1) is 0 Å². The first kappa shape index (κ1) is 21.3. The molecular weight excluding hydrogens is 384 g/mol. The zero-order valence-corrected chi connectivity index (χ0v) is 16.5. The number of hydrogen-bond acceptors (Lipinski definition) is 6. The largest absolute Gasteiger partial charge is 0.451 e. The molecule has 3 unspecified atom stereocenters. The van der Waals surface area contributed by atoms with Crippen molar-refractivity contribution in [2.45, 2.75) is 30.7 Å². The minimum Gasteiger partial charge on any atom is -0.451 e. The highest BCUT2D eigenvalue weighted by atomic mass is 16.6. The fraction of sp³-hybridized carbons (Fsp3) is 0.261. The summed E-state index contributed by atoms with van der Waals surface area (Å²) in [5.41, 5.74) is 0.198. The lowest BCUT2D eigenvalue weighted by Gasteiger charge is -2.38. The molecule has 1 fully saturated rings. The highest BCUT2D eigenvalue weighted by Gasteiger charge is 2.53. The van der Waals surface area contributed by atoms with Gasteiger partial charge in [-0.3, -0.25) is 5.32 Å². The molecule has 0 aliphatic carbocycles. The van der Waals surface area contributed by atoms with E-state index < -0.39 is 29.7 Å². The zero-order valence-electron chi connectivity index (χ0n) is 16.5. The smallest absolute Gasteiger partial charge is 0.408 e. The van der Waals surface area contributed by atoms with Gasteiger partial charge in [0.1, 0.15) is 19.1 Å². The van der Waals surface area contributed by atoms with E-state index in [0.29, 0.717) is 18.5 Å². The Kier molecular flexibility index (Phi) is 6.98. The summed E-state index contributed by atoms with van der Waals surface area (Å²) in [5, 5.41) is 5.82. The van der Waals surface area contributed by atoms with E-state index >= 15 is 0 Å². The standard InChI is InChI=1S/C23H24N2O5/c1-2-20(27)30-23(19(15-26)18-11-7-4-8-12-18)13-14-24-21(23)25-22(28)29-16-17-9-5-3-6-10-17/h2-12,15,19,21,24H,1,13-14,16H2,(H,25,28). The van der Waals surface area contributed by atoms with Crippen LogP contribution in [0.2, 0.25) is 0 Å². The summed E-state index contributed by atoms with van der Waals surface area (Å²) in [6.45, 7) is 3.97. The molecule has 1 amide bonds. The molecular formula is C23H24N2O5. The molecule has 7 nitrogen and oxygen atoms in total. The molecule has 0 saturated carbocycles. The van der Waals surface area contributed by atoms with Crippen molar-refractivity contribution in [2.24, 2.45) is 0 Å². The Balaban J connectivity index is 1.81. The maximum atomic E-state index is 12.4. The van der Waals surface area contributed by atoms with E-state index in [4.69, 9.17) is 9.47 Å². The third kappa shape index (κ3) is 4.75. The number of hydrogen-bond donors (Lipinski definition) is 2. The van der Waals surface area contributed by atoms with Crippen molar-refractivity contribution in [2.75, 3.05) is 6.54 Å². The summed E-state index contributed by atoms with van der Waals surface area (Å²) in [4.78, 5) is 36.7. The Morgan fingerprint density at radius 2 is 1.83 bits per heavy atom. The van der Waals surface area contributed by atoms with Gasteiger partial charge in [-0.25, -0.2) is 9.59 Å². The first-order chi connectivity index (χ1) is 14.6. The average Bonchev–Trinajstić information content (AvgIpc) is 3.16. The van der Waals surface area contributed by atoms with Gasteiger partial charge in [-0.1, -0.05) is 67.2 Å². The van der Waals surface area contributed by atoms with Crippen LogP contribution in [-0.2, 0) is 25.7 Å². The normalized spacial score (nSPS) is 21.3. The Labute approximate surface area is 175 Å². The predicted octanol–water partition coefficient (Wildman–Crippen LogP) is 2.68. The number of carbonyl (C=O) groups is 3. The van der Waals surface area contributed by atoms with Crippen molar-refractivity contribution in [1.29, 1.82) is 0 Å². The zero-order chi connectivity index (χ0) is 21.4. The van der Waals surface area contributed by atoms with Gasteiger partial charge in [0.2, 0.25) is 0 Å². The van der Waals surface area contributed by atoms with Gasteiger partial charge in [-0.15, -0.1) is 0 Å². The fourth-order valence-corrected chi connectivity index (χ4v) is 3.66. The lowest BCUT2D eigenvalue weighted by atomic mass is 9.80. The summed E-state index contributed by atoms with van der Waals surface area (Å²) in [6, 6.07) is 18.3. The molecule has 0 aromatic heterocycles. The molecule has 2 aromatic rings. The second kappa shape index (κ2) is 9.84. The number of alkyl carbamates (subject to hydrolysis) is 1. The van der Waals surface area contributed by atoms with Crippen LogP contribution in [0.15, 0.2) is 73.3 Å². The van der Waals surface area contributed by atoms with Gasteiger partial charge in [0.05, 0.1) is 5.92 Å². The van der Waals surface area contributed by atoms with Gasteiger partial charge < -0.3 is 19.6 Å². The van der Waals surface area contributed by atoms with Crippen molar-refractivity contribution in [3.05, 3.63) is 84.4 Å². The molecule has 1 saturated heterocycles. The van der Waals surface area contributed by atoms with Gasteiger partial charge in [0.15, 0.2) is 5.60 Å². The summed E-state index contributed by atoms with van der Waals surface area (Å²) in [7, 11) is 0. The van der Waals surface area contributed by atoms with Gasteiger partial charge in [0.25, 0.3) is 0 Å². The summed E-state index contributed by atoms with van der Waals surface area (Å²) in [6.07, 6.45) is 0.601. The summed E-state index contributed by atoms with van der Waals surface area (Å²) >= 11 is 0. The predicted molar refractivity (Wildman–Crippen MR) is 110 cm³/mol. The number of carbonyl (C=O) groups excluding carboxylic acids is 3. The molecule has 1 aliphatic rings. The maximum absolute atomic E-state index is 12.4. The molecule has 3 rings (SSSR count). The van der Waals surface area contributed by atoms with Gasteiger partial charge in [-0.05, 0) is 11.1 Å². The van der Waals surface area contributed by atoms with Crippen LogP contribution in [-0.4, -0.2) is 36.7 Å². The van der Waals surface area contributed by atoms with Gasteiger partial charge >= 0.3 is 12.1 Å². The van der Waals surface area contributed by atoms with Crippen LogP contribution < -0.4 is 10.6 Å². The molecule has 3 atom stereocenters. The van der Waals surface area contributed by atoms with Crippen LogP contribution in [0.3, 0.4) is 0 Å². The topological polar surface area (TPSA) is 93.7 Å². The van der Waals surface area contributed by atoms with Gasteiger partial charge in [-0.2, -0.15) is 0 Å². The SMILES string of the molecule is C=CC(=O)OC1(C(C=O)c2ccccc2)CCNC1NC(=O)OCc1ccccc1. The molecule has 30 heavy (non-hydrogen) atoms. The number of benzene rings is 2. The van der Waals surface area contributed by atoms with E-state index in [-0.39, 0.29) is 6.61 Å². The van der Waals surface area contributed by atoms with Crippen molar-refractivity contribution in [1.82, 2.24) is 10.6 Å². The van der Waals surface area contributed by atoms with Crippen LogP contribution in [0.4, 0.5) is 4.79 Å². The van der Waals surface area contributed by atoms with Crippen LogP contribution in [0.1, 0.15) is 23.5 Å². The number of rotatable bonds is 8. The lowest BCUT2D eigenvalue weighted by molar-refractivity contribution is -0.159. The minimum absolute atomic E-state index is 0.0919. The Hall–Kier alpha value is -3.45. The molecule has 2 aromatic carbocycles. The molecule has 0 spiro atoms. The number of ether oxygens (including phenoxy) is 2. The Morgan fingerprint density at radius 1 is 1.17 bits per heavy atom. The minimum atomic E-state index is -1.32.